The quantitative estimate of drug-likeness (QED) is 0.180. The number of imidazole rings is 1. The predicted octanol–water partition coefficient (Wildman–Crippen LogP) is 7.43. The molecule has 5 aromatic rings. The number of alkyl halides is 6. The zero-order valence-electron chi connectivity index (χ0n) is 24.0. The second-order valence-electron chi connectivity index (χ2n) is 10.1. The van der Waals surface area contributed by atoms with Crippen LogP contribution in [0.1, 0.15) is 23.0 Å². The van der Waals surface area contributed by atoms with Crippen LogP contribution < -0.4 is 4.74 Å². The maximum absolute atomic E-state index is 15.0. The minimum absolute atomic E-state index is 0.0176. The van der Waals surface area contributed by atoms with Gasteiger partial charge in [-0.3, -0.25) is 0 Å². The second-order valence-corrected chi connectivity index (χ2v) is 12.1. The molecule has 3 aromatic carbocycles. The van der Waals surface area contributed by atoms with Crippen LogP contribution in [-0.2, 0) is 22.6 Å². The minimum atomic E-state index is -5.00. The number of oxazole rings is 1. The van der Waals surface area contributed by atoms with Crippen LogP contribution in [0.15, 0.2) is 70.1 Å². The fraction of sp³-hybridized carbons (Fsp3) is 0.200. The molecule has 46 heavy (non-hydrogen) atoms. The molecule has 1 N–H and O–H groups in total. The lowest BCUT2D eigenvalue weighted by Gasteiger charge is -2.15. The summed E-state index contributed by atoms with van der Waals surface area (Å²) in [7, 11) is -4.02. The largest absolute Gasteiger partial charge is 0.573 e. The van der Waals surface area contributed by atoms with Crippen molar-refractivity contribution in [2.24, 2.45) is 0 Å². The first kappa shape index (κ1) is 32.7. The van der Waals surface area contributed by atoms with Crippen LogP contribution >= 0.6 is 0 Å². The average Bonchev–Trinajstić information content (AvgIpc) is 3.53. The minimum Gasteiger partial charge on any atom is -0.440 e. The number of aryl methyl sites for hydroxylation is 2. The highest BCUT2D eigenvalue weighted by Crippen LogP contribution is 2.41. The molecule has 0 radical (unpaired) electrons. The van der Waals surface area contributed by atoms with E-state index in [1.807, 2.05) is 0 Å². The van der Waals surface area contributed by atoms with Gasteiger partial charge >= 0.3 is 12.5 Å². The lowest BCUT2D eigenvalue weighted by atomic mass is 9.97. The number of hydrogen-bond donors (Lipinski definition) is 1. The molecular formula is C30H22F7N3O5S. The van der Waals surface area contributed by atoms with Gasteiger partial charge in [-0.25, -0.2) is 22.8 Å². The Morgan fingerprint density at radius 3 is 2.26 bits per heavy atom. The molecule has 0 amide bonds. The smallest absolute Gasteiger partial charge is 0.440 e. The van der Waals surface area contributed by atoms with E-state index in [4.69, 9.17) is 4.42 Å². The van der Waals surface area contributed by atoms with Crippen LogP contribution in [-0.4, -0.2) is 40.7 Å². The summed E-state index contributed by atoms with van der Waals surface area (Å²) in [5, 5.41) is 9.60. The van der Waals surface area contributed by atoms with E-state index in [1.165, 1.54) is 44.2 Å². The van der Waals surface area contributed by atoms with Gasteiger partial charge in [0.15, 0.2) is 27.2 Å². The molecule has 5 rings (SSSR count). The van der Waals surface area contributed by atoms with Gasteiger partial charge in [0.1, 0.15) is 23.1 Å². The summed E-state index contributed by atoms with van der Waals surface area (Å²) in [6, 6.07) is 11.0. The Labute approximate surface area is 256 Å². The fourth-order valence-corrected chi connectivity index (χ4v) is 5.82. The zero-order chi connectivity index (χ0) is 33.8. The van der Waals surface area contributed by atoms with E-state index in [1.54, 1.807) is 0 Å². The van der Waals surface area contributed by atoms with Crippen molar-refractivity contribution in [3.8, 4) is 45.1 Å². The highest BCUT2D eigenvalue weighted by molar-refractivity contribution is 7.90. The molecule has 0 fully saturated rings. The number of sulfone groups is 1. The van der Waals surface area contributed by atoms with Crippen LogP contribution in [0, 0.1) is 19.7 Å². The fourth-order valence-electron chi connectivity index (χ4n) is 4.87. The maximum atomic E-state index is 15.0. The second kappa shape index (κ2) is 11.6. The van der Waals surface area contributed by atoms with Gasteiger partial charge < -0.3 is 18.8 Å². The van der Waals surface area contributed by atoms with Gasteiger partial charge in [-0.1, -0.05) is 18.2 Å². The maximum Gasteiger partial charge on any atom is 0.573 e. The number of halogens is 7. The van der Waals surface area contributed by atoms with Crippen LogP contribution in [0.2, 0.25) is 0 Å². The van der Waals surface area contributed by atoms with Crippen molar-refractivity contribution in [3.63, 3.8) is 0 Å². The highest BCUT2D eigenvalue weighted by Gasteiger charge is 2.35. The molecule has 2 heterocycles. The van der Waals surface area contributed by atoms with Crippen molar-refractivity contribution in [2.75, 3.05) is 6.26 Å². The van der Waals surface area contributed by atoms with E-state index < -0.39 is 56.7 Å². The van der Waals surface area contributed by atoms with Crippen molar-refractivity contribution < 1.29 is 53.4 Å². The van der Waals surface area contributed by atoms with Crippen molar-refractivity contribution in [1.82, 2.24) is 14.5 Å². The Hall–Kier alpha value is -4.70. The number of rotatable bonds is 7. The summed E-state index contributed by atoms with van der Waals surface area (Å²) < 4.78 is 130. The Kier molecular flexibility index (Phi) is 8.23. The number of benzene rings is 3. The topological polar surface area (TPSA) is 107 Å². The van der Waals surface area contributed by atoms with Crippen molar-refractivity contribution >= 4 is 9.84 Å². The number of hydrogen-bond acceptors (Lipinski definition) is 7. The summed E-state index contributed by atoms with van der Waals surface area (Å²) in [6.07, 6.45) is -8.21. The first-order valence-corrected chi connectivity index (χ1v) is 15.0. The van der Waals surface area contributed by atoms with Crippen molar-refractivity contribution in [2.45, 2.75) is 37.9 Å². The molecule has 16 heteroatoms. The molecule has 8 nitrogen and oxygen atoms in total. The summed E-state index contributed by atoms with van der Waals surface area (Å²) in [5.41, 5.74) is -1.23. The standard InChI is InChI=1S/C30H22F7N3O5S/c1-15-38-26(29(32,33)34)13-40(15)24-8-7-17(19-11-23(31)22(14-41)25(12-19)46(3,42)43)10-21(24)27-28(44-16(2)39-27)18-5-4-6-20(9-18)45-30(35,36)37/h4-13,41H,14H2,1-3H3. The molecule has 0 saturated heterocycles. The summed E-state index contributed by atoms with van der Waals surface area (Å²) in [4.78, 5) is 7.51. The predicted molar refractivity (Wildman–Crippen MR) is 150 cm³/mol. The molecule has 0 unspecified atom stereocenters. The first-order valence-electron chi connectivity index (χ1n) is 13.1. The van der Waals surface area contributed by atoms with Gasteiger partial charge in [0.05, 0.1) is 17.2 Å². The van der Waals surface area contributed by atoms with E-state index in [0.29, 0.717) is 0 Å². The molecule has 0 aliphatic heterocycles. The summed E-state index contributed by atoms with van der Waals surface area (Å²) in [6.45, 7) is 1.86. The van der Waals surface area contributed by atoms with Gasteiger partial charge in [0.2, 0.25) is 0 Å². The Morgan fingerprint density at radius 2 is 1.65 bits per heavy atom. The SMILES string of the molecule is Cc1nc(-c2cc(-c3cc(F)c(CO)c(S(C)(=O)=O)c3)ccc2-n2cc(C(F)(F)F)nc2C)c(-c2cccc(OC(F)(F)F)c2)o1. The van der Waals surface area contributed by atoms with Crippen LogP contribution in [0.25, 0.3) is 39.4 Å². The van der Waals surface area contributed by atoms with E-state index in [0.717, 1.165) is 41.3 Å². The van der Waals surface area contributed by atoms with Crippen LogP contribution in [0.4, 0.5) is 30.7 Å². The third-order valence-corrected chi connectivity index (χ3v) is 7.96. The van der Waals surface area contributed by atoms with Crippen LogP contribution in [0.3, 0.4) is 0 Å². The summed E-state index contributed by atoms with van der Waals surface area (Å²) in [5.74, 6) is -1.71. The van der Waals surface area contributed by atoms with Gasteiger partial charge in [-0.2, -0.15) is 13.2 Å². The first-order chi connectivity index (χ1) is 21.4. The number of aromatic nitrogens is 3. The van der Waals surface area contributed by atoms with Gasteiger partial charge in [-0.05, 0) is 54.4 Å². The molecule has 0 bridgehead atoms. The van der Waals surface area contributed by atoms with E-state index >= 15 is 4.39 Å². The summed E-state index contributed by atoms with van der Waals surface area (Å²) >= 11 is 0. The lowest BCUT2D eigenvalue weighted by Crippen LogP contribution is -2.17. The van der Waals surface area contributed by atoms with Crippen molar-refractivity contribution in [1.29, 1.82) is 0 Å². The van der Waals surface area contributed by atoms with Crippen LogP contribution in [0.5, 0.6) is 5.75 Å². The molecular weight excluding hydrogens is 647 g/mol. The molecule has 0 atom stereocenters. The van der Waals surface area contributed by atoms with Crippen molar-refractivity contribution in [3.05, 3.63) is 89.6 Å². The Balaban J connectivity index is 1.79. The Bertz CT molecular complexity index is 2070. The normalized spacial score (nSPS) is 12.5. The Morgan fingerprint density at radius 1 is 0.935 bits per heavy atom. The molecule has 2 aromatic heterocycles. The average molecular weight is 670 g/mol. The zero-order valence-corrected chi connectivity index (χ0v) is 24.8. The highest BCUT2D eigenvalue weighted by atomic mass is 32.2. The van der Waals surface area contributed by atoms with Gasteiger partial charge in [0, 0.05) is 36.1 Å². The molecule has 0 aliphatic rings. The van der Waals surface area contributed by atoms with Gasteiger partial charge in [-0.15, -0.1) is 13.2 Å². The molecule has 242 valence electrons. The molecule has 0 saturated carbocycles. The number of aliphatic hydroxyl groups excluding tert-OH is 1. The van der Waals surface area contributed by atoms with E-state index in [2.05, 4.69) is 14.7 Å². The number of ether oxygens (including phenoxy) is 1. The molecule has 0 aliphatic carbocycles. The number of nitrogens with zero attached hydrogens (tertiary/aromatic N) is 3. The van der Waals surface area contributed by atoms with E-state index in [-0.39, 0.29) is 51.1 Å². The lowest BCUT2D eigenvalue weighted by molar-refractivity contribution is -0.274. The molecule has 0 spiro atoms. The number of aliphatic hydroxyl groups is 1. The monoisotopic (exact) mass is 669 g/mol. The third kappa shape index (κ3) is 6.62. The van der Waals surface area contributed by atoms with E-state index in [9.17, 15) is 39.9 Å². The van der Waals surface area contributed by atoms with Gasteiger partial charge in [0.25, 0.3) is 0 Å². The third-order valence-electron chi connectivity index (χ3n) is 6.79.